The summed E-state index contributed by atoms with van der Waals surface area (Å²) < 4.78 is 13.8. The van der Waals surface area contributed by atoms with Crippen LogP contribution >= 0.6 is 0 Å². The van der Waals surface area contributed by atoms with Crippen LogP contribution in [-0.4, -0.2) is 40.0 Å². The van der Waals surface area contributed by atoms with Gasteiger partial charge in [-0.05, 0) is 54.7 Å². The molecule has 1 amide bonds. The van der Waals surface area contributed by atoms with Crippen molar-refractivity contribution in [1.29, 1.82) is 0 Å². The van der Waals surface area contributed by atoms with Gasteiger partial charge in [-0.1, -0.05) is 42.5 Å². The van der Waals surface area contributed by atoms with E-state index in [0.29, 0.717) is 5.56 Å². The first kappa shape index (κ1) is 22.1. The standard InChI is InChI=1S/C26H28FN3O2/c1-30(17-24-22(27)8-5-15-28-24)26(32)20-11-9-18(10-12-20)16-21-13-14-23(29-21)25(31)19-6-3-2-4-7-19/h2-12,15,21,23,25,29,31H,13-14,16-17H2,1H3/t21-,23+,25+/m0/s1. The lowest BCUT2D eigenvalue weighted by Crippen LogP contribution is -2.35. The molecule has 1 aromatic heterocycles. The van der Waals surface area contributed by atoms with Crippen LogP contribution in [0.2, 0.25) is 0 Å². The summed E-state index contributed by atoms with van der Waals surface area (Å²) in [6.45, 7) is 0.115. The number of nitrogens with one attached hydrogen (secondary N) is 1. The molecule has 1 fully saturated rings. The summed E-state index contributed by atoms with van der Waals surface area (Å²) in [6, 6.07) is 20.5. The van der Waals surface area contributed by atoms with Gasteiger partial charge in [-0.2, -0.15) is 0 Å². The summed E-state index contributed by atoms with van der Waals surface area (Å²) in [7, 11) is 1.64. The Morgan fingerprint density at radius 3 is 2.59 bits per heavy atom. The highest BCUT2D eigenvalue weighted by Gasteiger charge is 2.29. The van der Waals surface area contributed by atoms with E-state index in [4.69, 9.17) is 0 Å². The van der Waals surface area contributed by atoms with Crippen molar-refractivity contribution in [3.05, 3.63) is 101 Å². The molecule has 2 heterocycles. The van der Waals surface area contributed by atoms with Crippen molar-refractivity contribution >= 4 is 5.91 Å². The van der Waals surface area contributed by atoms with E-state index in [0.717, 1.165) is 30.4 Å². The number of benzene rings is 2. The number of hydrogen-bond donors (Lipinski definition) is 2. The highest BCUT2D eigenvalue weighted by atomic mass is 19.1. The monoisotopic (exact) mass is 433 g/mol. The van der Waals surface area contributed by atoms with Crippen LogP contribution in [0.15, 0.2) is 72.9 Å². The molecule has 1 aliphatic heterocycles. The lowest BCUT2D eigenvalue weighted by atomic mass is 10.0. The lowest BCUT2D eigenvalue weighted by molar-refractivity contribution is 0.0782. The van der Waals surface area contributed by atoms with Crippen LogP contribution in [0.5, 0.6) is 0 Å². The number of pyridine rings is 1. The number of aliphatic hydroxyl groups excluding tert-OH is 1. The number of aromatic nitrogens is 1. The van der Waals surface area contributed by atoms with Crippen molar-refractivity contribution in [2.24, 2.45) is 0 Å². The molecule has 0 spiro atoms. The quantitative estimate of drug-likeness (QED) is 0.593. The number of amides is 1. The van der Waals surface area contributed by atoms with Crippen LogP contribution in [0, 0.1) is 5.82 Å². The Kier molecular flexibility index (Phi) is 6.93. The molecule has 166 valence electrons. The number of carbonyl (C=O) groups excluding carboxylic acids is 1. The number of rotatable bonds is 7. The molecule has 6 heteroatoms. The van der Waals surface area contributed by atoms with Crippen LogP contribution in [0.25, 0.3) is 0 Å². The molecule has 3 atom stereocenters. The Bertz CT molecular complexity index is 1040. The third kappa shape index (κ3) is 5.21. The van der Waals surface area contributed by atoms with Crippen molar-refractivity contribution in [3.8, 4) is 0 Å². The maximum atomic E-state index is 13.8. The topological polar surface area (TPSA) is 65.5 Å². The summed E-state index contributed by atoms with van der Waals surface area (Å²) in [5.74, 6) is -0.589. The molecule has 1 saturated heterocycles. The van der Waals surface area contributed by atoms with Gasteiger partial charge in [0.05, 0.1) is 18.3 Å². The fourth-order valence-electron chi connectivity index (χ4n) is 4.26. The molecule has 0 saturated carbocycles. The SMILES string of the molecule is CN(Cc1ncccc1F)C(=O)c1ccc(C[C@@H]2CC[C@H]([C@H](O)c3ccccc3)N2)cc1. The molecule has 32 heavy (non-hydrogen) atoms. The summed E-state index contributed by atoms with van der Waals surface area (Å²) in [6.07, 6.45) is 3.76. The fraction of sp³-hybridized carbons (Fsp3) is 0.308. The van der Waals surface area contributed by atoms with E-state index in [1.807, 2.05) is 54.6 Å². The average Bonchev–Trinajstić information content (AvgIpc) is 3.29. The maximum absolute atomic E-state index is 13.8. The Morgan fingerprint density at radius 2 is 1.88 bits per heavy atom. The van der Waals surface area contributed by atoms with Gasteiger partial charge in [-0.15, -0.1) is 0 Å². The number of hydrogen-bond acceptors (Lipinski definition) is 4. The normalized spacial score (nSPS) is 19.0. The molecule has 0 radical (unpaired) electrons. The van der Waals surface area contributed by atoms with Gasteiger partial charge in [0.15, 0.2) is 0 Å². The second-order valence-electron chi connectivity index (χ2n) is 8.40. The third-order valence-corrected chi connectivity index (χ3v) is 6.05. The second-order valence-corrected chi connectivity index (χ2v) is 8.40. The van der Waals surface area contributed by atoms with Gasteiger partial charge in [0.1, 0.15) is 5.82 Å². The highest BCUT2D eigenvalue weighted by molar-refractivity contribution is 5.94. The number of carbonyl (C=O) groups is 1. The second kappa shape index (κ2) is 10.0. The van der Waals surface area contributed by atoms with Gasteiger partial charge in [0.2, 0.25) is 0 Å². The molecular weight excluding hydrogens is 405 g/mol. The molecule has 5 nitrogen and oxygen atoms in total. The molecule has 2 aromatic carbocycles. The van der Waals surface area contributed by atoms with E-state index >= 15 is 0 Å². The number of aliphatic hydroxyl groups is 1. The number of halogens is 1. The Morgan fingerprint density at radius 1 is 1.12 bits per heavy atom. The van der Waals surface area contributed by atoms with E-state index in [-0.39, 0.29) is 30.2 Å². The van der Waals surface area contributed by atoms with Crippen molar-refractivity contribution < 1.29 is 14.3 Å². The minimum absolute atomic E-state index is 0.0453. The summed E-state index contributed by atoms with van der Waals surface area (Å²) in [5.41, 5.74) is 2.87. The molecule has 1 aliphatic rings. The van der Waals surface area contributed by atoms with Crippen LogP contribution < -0.4 is 5.32 Å². The summed E-state index contributed by atoms with van der Waals surface area (Å²) >= 11 is 0. The van der Waals surface area contributed by atoms with Crippen molar-refractivity contribution in [2.45, 2.75) is 44.0 Å². The van der Waals surface area contributed by atoms with Gasteiger partial charge in [0, 0.05) is 30.9 Å². The van der Waals surface area contributed by atoms with E-state index in [1.165, 1.54) is 23.2 Å². The first-order valence-electron chi connectivity index (χ1n) is 10.9. The van der Waals surface area contributed by atoms with Gasteiger partial charge >= 0.3 is 0 Å². The molecule has 0 bridgehead atoms. The predicted octanol–water partition coefficient (Wildman–Crippen LogP) is 3.89. The van der Waals surface area contributed by atoms with Gasteiger partial charge in [-0.25, -0.2) is 4.39 Å². The van der Waals surface area contributed by atoms with Gasteiger partial charge in [0.25, 0.3) is 5.91 Å². The molecule has 2 N–H and O–H groups in total. The van der Waals surface area contributed by atoms with Crippen molar-refractivity contribution in [2.75, 3.05) is 7.05 Å². The maximum Gasteiger partial charge on any atom is 0.253 e. The van der Waals surface area contributed by atoms with E-state index in [2.05, 4.69) is 10.3 Å². The fourth-order valence-corrected chi connectivity index (χ4v) is 4.26. The van der Waals surface area contributed by atoms with Crippen molar-refractivity contribution in [1.82, 2.24) is 15.2 Å². The van der Waals surface area contributed by atoms with Crippen LogP contribution in [0.4, 0.5) is 4.39 Å². The molecular formula is C26H28FN3O2. The minimum atomic E-state index is -0.513. The van der Waals surface area contributed by atoms with E-state index in [1.54, 1.807) is 7.05 Å². The highest BCUT2D eigenvalue weighted by Crippen LogP contribution is 2.26. The van der Waals surface area contributed by atoms with E-state index < -0.39 is 11.9 Å². The van der Waals surface area contributed by atoms with E-state index in [9.17, 15) is 14.3 Å². The predicted molar refractivity (Wildman–Crippen MR) is 121 cm³/mol. The van der Waals surface area contributed by atoms with Crippen LogP contribution in [0.1, 0.15) is 46.1 Å². The average molecular weight is 434 g/mol. The Balaban J connectivity index is 1.32. The van der Waals surface area contributed by atoms with Crippen LogP contribution in [-0.2, 0) is 13.0 Å². The Labute approximate surface area is 187 Å². The largest absolute Gasteiger partial charge is 0.387 e. The molecule has 3 aromatic rings. The van der Waals surface area contributed by atoms with Gasteiger partial charge < -0.3 is 15.3 Å². The zero-order chi connectivity index (χ0) is 22.5. The molecule has 0 aliphatic carbocycles. The first-order valence-corrected chi connectivity index (χ1v) is 10.9. The third-order valence-electron chi connectivity index (χ3n) is 6.05. The molecule has 0 unspecified atom stereocenters. The summed E-state index contributed by atoms with van der Waals surface area (Å²) in [4.78, 5) is 18.2. The van der Waals surface area contributed by atoms with Crippen molar-refractivity contribution in [3.63, 3.8) is 0 Å². The Hall–Kier alpha value is -3.09. The lowest BCUT2D eigenvalue weighted by Gasteiger charge is -2.20. The smallest absolute Gasteiger partial charge is 0.253 e. The van der Waals surface area contributed by atoms with Gasteiger partial charge in [-0.3, -0.25) is 9.78 Å². The first-order chi connectivity index (χ1) is 15.5. The van der Waals surface area contributed by atoms with Crippen LogP contribution in [0.3, 0.4) is 0 Å². The summed E-state index contributed by atoms with van der Waals surface area (Å²) in [5, 5.41) is 14.2. The number of nitrogens with zero attached hydrogens (tertiary/aromatic N) is 2. The minimum Gasteiger partial charge on any atom is -0.387 e. The zero-order valence-corrected chi connectivity index (χ0v) is 18.1. The molecule has 4 rings (SSSR count). The zero-order valence-electron chi connectivity index (χ0n) is 18.1.